The predicted octanol–water partition coefficient (Wildman–Crippen LogP) is 1.43. The Morgan fingerprint density at radius 2 is 2.36 bits per heavy atom. The van der Waals surface area contributed by atoms with Crippen molar-refractivity contribution in [3.63, 3.8) is 0 Å². The first kappa shape index (κ1) is 18.1. The van der Waals surface area contributed by atoms with Gasteiger partial charge in [-0.05, 0) is 13.0 Å². The fourth-order valence-corrected chi connectivity index (χ4v) is 2.44. The number of nitrogen functional groups attached to an aromatic ring is 1. The number of thiazole rings is 1. The third kappa shape index (κ3) is 4.88. The zero-order chi connectivity index (χ0) is 18.4. The highest BCUT2D eigenvalue weighted by atomic mass is 32.1. The Labute approximate surface area is 146 Å². The second-order valence-corrected chi connectivity index (χ2v) is 5.61. The summed E-state index contributed by atoms with van der Waals surface area (Å²) in [6.07, 6.45) is 1.22. The molecule has 0 radical (unpaired) electrons. The van der Waals surface area contributed by atoms with Crippen molar-refractivity contribution in [2.45, 2.75) is 13.3 Å². The summed E-state index contributed by atoms with van der Waals surface area (Å²) in [5, 5.41) is 26.5. The number of rotatable bonds is 7. The second-order valence-electron chi connectivity index (χ2n) is 4.72. The van der Waals surface area contributed by atoms with Gasteiger partial charge in [0.1, 0.15) is 0 Å². The normalized spacial score (nSPS) is 10.8. The third-order valence-electron chi connectivity index (χ3n) is 2.89. The molecule has 0 bridgehead atoms. The van der Waals surface area contributed by atoms with Crippen LogP contribution in [-0.2, 0) is 11.2 Å². The van der Waals surface area contributed by atoms with Gasteiger partial charge in [0, 0.05) is 17.0 Å². The number of anilines is 1. The molecular weight excluding hydrogens is 350 g/mol. The molecule has 0 saturated heterocycles. The van der Waals surface area contributed by atoms with Crippen molar-refractivity contribution in [3.8, 4) is 11.5 Å². The van der Waals surface area contributed by atoms with Crippen molar-refractivity contribution in [2.24, 2.45) is 5.10 Å². The van der Waals surface area contributed by atoms with E-state index in [2.05, 4.69) is 15.5 Å². The van der Waals surface area contributed by atoms with Crippen LogP contribution in [0.5, 0.6) is 11.5 Å². The van der Waals surface area contributed by atoms with E-state index in [1.807, 2.05) is 0 Å². The van der Waals surface area contributed by atoms with Gasteiger partial charge in [-0.3, -0.25) is 14.9 Å². The molecule has 2 aromatic rings. The number of phenolic OH excluding ortho intramolecular Hbond substituents is 1. The van der Waals surface area contributed by atoms with Crippen LogP contribution >= 0.6 is 11.3 Å². The van der Waals surface area contributed by atoms with Crippen LogP contribution in [0.25, 0.3) is 0 Å². The molecule has 0 unspecified atom stereocenters. The van der Waals surface area contributed by atoms with Gasteiger partial charge in [-0.2, -0.15) is 5.10 Å². The summed E-state index contributed by atoms with van der Waals surface area (Å²) in [5.41, 5.74) is 8.05. The number of nitrogens with one attached hydrogen (secondary N) is 1. The zero-order valence-corrected chi connectivity index (χ0v) is 13.9. The number of ether oxygens (including phenoxy) is 1. The predicted molar refractivity (Wildman–Crippen MR) is 91.9 cm³/mol. The van der Waals surface area contributed by atoms with Gasteiger partial charge in [0.15, 0.2) is 10.9 Å². The molecule has 0 aliphatic carbocycles. The Kier molecular flexibility index (Phi) is 5.84. The average molecular weight is 365 g/mol. The Morgan fingerprint density at radius 3 is 2.96 bits per heavy atom. The van der Waals surface area contributed by atoms with Gasteiger partial charge in [-0.1, -0.05) is 0 Å². The number of nitro groups is 1. The number of hydrazone groups is 1. The number of hydrogen-bond acceptors (Lipinski definition) is 9. The molecule has 1 amide bonds. The van der Waals surface area contributed by atoms with E-state index < -0.39 is 22.3 Å². The smallest absolute Gasteiger partial charge is 0.315 e. The van der Waals surface area contributed by atoms with Crippen LogP contribution in [0, 0.1) is 10.1 Å². The summed E-state index contributed by atoms with van der Waals surface area (Å²) in [6.45, 7) is 1.90. The summed E-state index contributed by atoms with van der Waals surface area (Å²) < 4.78 is 5.15. The van der Waals surface area contributed by atoms with Crippen molar-refractivity contribution in [1.82, 2.24) is 10.4 Å². The Morgan fingerprint density at radius 1 is 1.60 bits per heavy atom. The molecule has 4 N–H and O–H groups in total. The Bertz CT molecular complexity index is 820. The molecule has 0 saturated carbocycles. The number of aromatic hydroxyl groups is 1. The lowest BCUT2D eigenvalue weighted by Crippen LogP contribution is -2.20. The van der Waals surface area contributed by atoms with E-state index in [1.165, 1.54) is 23.6 Å². The highest BCUT2D eigenvalue weighted by Crippen LogP contribution is 2.36. The summed E-state index contributed by atoms with van der Waals surface area (Å²) in [5.74, 6) is -1.02. The maximum Gasteiger partial charge on any atom is 0.315 e. The largest absolute Gasteiger partial charge is 0.500 e. The SMILES string of the molecule is CCOc1cc(/C=N/NC(=O)Cc2csc(N)n2)cc([N+](=O)[O-])c1O. The number of hydrogen-bond donors (Lipinski definition) is 3. The van der Waals surface area contributed by atoms with Gasteiger partial charge in [0.05, 0.1) is 29.9 Å². The van der Waals surface area contributed by atoms with Crippen LogP contribution < -0.4 is 15.9 Å². The van der Waals surface area contributed by atoms with E-state index in [-0.39, 0.29) is 24.3 Å². The number of benzene rings is 1. The summed E-state index contributed by atoms with van der Waals surface area (Å²) in [6, 6.07) is 2.50. The summed E-state index contributed by atoms with van der Waals surface area (Å²) >= 11 is 1.23. The highest BCUT2D eigenvalue weighted by molar-refractivity contribution is 7.13. The number of carbonyl (C=O) groups excluding carboxylic acids is 1. The molecule has 0 atom stereocenters. The average Bonchev–Trinajstić information content (AvgIpc) is 2.95. The number of amides is 1. The van der Waals surface area contributed by atoms with Gasteiger partial charge in [0.25, 0.3) is 0 Å². The summed E-state index contributed by atoms with van der Waals surface area (Å²) in [4.78, 5) is 25.9. The van der Waals surface area contributed by atoms with Gasteiger partial charge >= 0.3 is 5.69 Å². The Hall–Kier alpha value is -3.21. The topological polar surface area (TPSA) is 153 Å². The Balaban J connectivity index is 2.09. The van der Waals surface area contributed by atoms with Crippen LogP contribution in [0.3, 0.4) is 0 Å². The van der Waals surface area contributed by atoms with Crippen molar-refractivity contribution in [3.05, 3.63) is 38.9 Å². The maximum absolute atomic E-state index is 11.7. The molecule has 0 fully saturated rings. The van der Waals surface area contributed by atoms with E-state index in [9.17, 15) is 20.0 Å². The molecule has 132 valence electrons. The lowest BCUT2D eigenvalue weighted by Gasteiger charge is -2.07. The number of aromatic nitrogens is 1. The minimum atomic E-state index is -0.736. The number of nitro benzene ring substituents is 1. The molecule has 0 aliphatic heterocycles. The van der Waals surface area contributed by atoms with Crippen LogP contribution in [0.1, 0.15) is 18.2 Å². The van der Waals surface area contributed by atoms with Gasteiger partial charge in [0.2, 0.25) is 11.7 Å². The van der Waals surface area contributed by atoms with Crippen molar-refractivity contribution in [2.75, 3.05) is 12.3 Å². The van der Waals surface area contributed by atoms with Crippen molar-refractivity contribution < 1.29 is 19.6 Å². The number of nitrogens with two attached hydrogens (primary N) is 1. The van der Waals surface area contributed by atoms with E-state index in [0.717, 1.165) is 6.07 Å². The van der Waals surface area contributed by atoms with E-state index in [0.29, 0.717) is 10.8 Å². The van der Waals surface area contributed by atoms with E-state index in [1.54, 1.807) is 12.3 Å². The lowest BCUT2D eigenvalue weighted by molar-refractivity contribution is -0.386. The molecule has 11 heteroatoms. The van der Waals surface area contributed by atoms with Crippen LogP contribution in [0.4, 0.5) is 10.8 Å². The summed E-state index contributed by atoms with van der Waals surface area (Å²) in [7, 11) is 0. The second kappa shape index (κ2) is 8.06. The van der Waals surface area contributed by atoms with Gasteiger partial charge in [-0.15, -0.1) is 11.3 Å². The minimum absolute atomic E-state index is 0.00492. The molecule has 25 heavy (non-hydrogen) atoms. The number of carbonyl (C=O) groups is 1. The molecule has 1 aromatic heterocycles. The number of phenols is 1. The molecule has 1 aromatic carbocycles. The van der Waals surface area contributed by atoms with Crippen LogP contribution in [0.2, 0.25) is 0 Å². The molecule has 2 rings (SSSR count). The standard InChI is InChI=1S/C14H15N5O5S/c1-2-24-11-4-8(3-10(13(11)21)19(22)23)6-16-18-12(20)5-9-7-25-14(15)17-9/h3-4,6-7,21H,2,5H2,1H3,(H2,15,17)(H,18,20)/b16-6+. The highest BCUT2D eigenvalue weighted by Gasteiger charge is 2.19. The first-order valence-corrected chi connectivity index (χ1v) is 7.94. The monoisotopic (exact) mass is 365 g/mol. The quantitative estimate of drug-likeness (QED) is 0.381. The molecular formula is C14H15N5O5S. The fraction of sp³-hybridized carbons (Fsp3) is 0.214. The van der Waals surface area contributed by atoms with E-state index in [4.69, 9.17) is 10.5 Å². The van der Waals surface area contributed by atoms with Crippen LogP contribution in [0.15, 0.2) is 22.6 Å². The van der Waals surface area contributed by atoms with Crippen LogP contribution in [-0.4, -0.2) is 33.7 Å². The lowest BCUT2D eigenvalue weighted by atomic mass is 10.2. The van der Waals surface area contributed by atoms with E-state index >= 15 is 0 Å². The van der Waals surface area contributed by atoms with Gasteiger partial charge in [-0.25, -0.2) is 10.4 Å². The molecule has 1 heterocycles. The fourth-order valence-electron chi connectivity index (χ4n) is 1.88. The maximum atomic E-state index is 11.7. The van der Waals surface area contributed by atoms with Crippen molar-refractivity contribution >= 4 is 34.3 Å². The first-order chi connectivity index (χ1) is 11.9. The minimum Gasteiger partial charge on any atom is -0.500 e. The zero-order valence-electron chi connectivity index (χ0n) is 13.1. The van der Waals surface area contributed by atoms with Gasteiger partial charge < -0.3 is 15.6 Å². The van der Waals surface area contributed by atoms with Crippen molar-refractivity contribution in [1.29, 1.82) is 0 Å². The molecule has 10 nitrogen and oxygen atoms in total. The number of nitrogens with zero attached hydrogens (tertiary/aromatic N) is 3. The molecule has 0 spiro atoms. The third-order valence-corrected chi connectivity index (χ3v) is 3.61. The first-order valence-electron chi connectivity index (χ1n) is 7.06. The molecule has 0 aliphatic rings.